The van der Waals surface area contributed by atoms with Gasteiger partial charge in [0, 0.05) is 31.6 Å². The fourth-order valence-electron chi connectivity index (χ4n) is 2.61. The summed E-state index contributed by atoms with van der Waals surface area (Å²) in [7, 11) is -1.99. The van der Waals surface area contributed by atoms with Gasteiger partial charge in [-0.05, 0) is 26.8 Å². The lowest BCUT2D eigenvalue weighted by atomic mass is 10.1. The van der Waals surface area contributed by atoms with Crippen molar-refractivity contribution in [2.75, 3.05) is 32.5 Å². The second kappa shape index (κ2) is 7.38. The monoisotopic (exact) mass is 306 g/mol. The van der Waals surface area contributed by atoms with Crippen LogP contribution in [0.25, 0.3) is 0 Å². The van der Waals surface area contributed by atoms with Gasteiger partial charge in [-0.3, -0.25) is 9.69 Å². The highest BCUT2D eigenvalue weighted by molar-refractivity contribution is 7.89. The predicted molar refractivity (Wildman–Crippen MR) is 77.9 cm³/mol. The van der Waals surface area contributed by atoms with Crippen LogP contribution in [-0.2, 0) is 19.6 Å². The molecule has 0 spiro atoms. The largest absolute Gasteiger partial charge is 0.469 e. The number of hydrogen-bond donors (Lipinski definition) is 0. The molecule has 0 aromatic heterocycles. The molecule has 1 rings (SSSR count). The fourth-order valence-corrected chi connectivity index (χ4v) is 4.41. The van der Waals surface area contributed by atoms with Gasteiger partial charge in [0.05, 0.1) is 12.9 Å². The molecule has 1 aliphatic heterocycles. The van der Waals surface area contributed by atoms with Crippen molar-refractivity contribution in [3.8, 4) is 0 Å². The molecule has 0 N–H and O–H groups in total. The summed E-state index contributed by atoms with van der Waals surface area (Å²) in [5.41, 5.74) is 0. The maximum absolute atomic E-state index is 12.4. The molecule has 0 aromatic carbocycles. The molecule has 0 saturated carbocycles. The minimum Gasteiger partial charge on any atom is -0.469 e. The van der Waals surface area contributed by atoms with E-state index in [1.54, 1.807) is 4.31 Å². The Labute approximate surface area is 122 Å². The number of piperazine rings is 1. The van der Waals surface area contributed by atoms with E-state index in [-0.39, 0.29) is 30.2 Å². The van der Waals surface area contributed by atoms with E-state index >= 15 is 0 Å². The van der Waals surface area contributed by atoms with Gasteiger partial charge in [-0.25, -0.2) is 8.42 Å². The maximum atomic E-state index is 12.4. The van der Waals surface area contributed by atoms with Gasteiger partial charge in [-0.1, -0.05) is 6.92 Å². The smallest absolute Gasteiger partial charge is 0.305 e. The molecule has 20 heavy (non-hydrogen) atoms. The molecule has 0 aromatic rings. The minimum atomic E-state index is -3.30. The second-order valence-corrected chi connectivity index (χ2v) is 7.39. The molecule has 0 amide bonds. The van der Waals surface area contributed by atoms with Crippen molar-refractivity contribution in [2.24, 2.45) is 0 Å². The zero-order valence-corrected chi connectivity index (χ0v) is 13.6. The van der Waals surface area contributed by atoms with Crippen LogP contribution in [0.3, 0.4) is 0 Å². The summed E-state index contributed by atoms with van der Waals surface area (Å²) in [5.74, 6) is -0.358. The molecule has 2 atom stereocenters. The zero-order chi connectivity index (χ0) is 15.3. The van der Waals surface area contributed by atoms with Gasteiger partial charge in [0.25, 0.3) is 0 Å². The van der Waals surface area contributed by atoms with E-state index in [2.05, 4.69) is 16.6 Å². The molecule has 1 aliphatic rings. The van der Waals surface area contributed by atoms with E-state index in [0.717, 1.165) is 13.1 Å². The van der Waals surface area contributed by atoms with Crippen molar-refractivity contribution in [3.63, 3.8) is 0 Å². The Balaban J connectivity index is 2.61. The minimum absolute atomic E-state index is 0.00524. The first-order valence-corrected chi connectivity index (χ1v) is 8.73. The Morgan fingerprint density at radius 1 is 1.25 bits per heavy atom. The number of nitrogens with zero attached hydrogens (tertiary/aromatic N) is 2. The van der Waals surface area contributed by atoms with Crippen LogP contribution < -0.4 is 0 Å². The Morgan fingerprint density at radius 3 is 2.45 bits per heavy atom. The average Bonchev–Trinajstić information content (AvgIpc) is 2.40. The van der Waals surface area contributed by atoms with Gasteiger partial charge >= 0.3 is 5.97 Å². The third-order valence-corrected chi connectivity index (χ3v) is 5.86. The van der Waals surface area contributed by atoms with E-state index < -0.39 is 10.0 Å². The van der Waals surface area contributed by atoms with E-state index in [9.17, 15) is 13.2 Å². The number of esters is 1. The SMILES string of the molecule is CCN1C[C@@H](C)N(S(=O)(=O)CCCC(=O)OC)C[C@H]1C. The van der Waals surface area contributed by atoms with Gasteiger partial charge in [0.15, 0.2) is 0 Å². The average molecular weight is 306 g/mol. The van der Waals surface area contributed by atoms with Crippen LogP contribution in [0, 0.1) is 0 Å². The number of sulfonamides is 1. The van der Waals surface area contributed by atoms with Crippen LogP contribution in [0.2, 0.25) is 0 Å². The molecule has 0 bridgehead atoms. The van der Waals surface area contributed by atoms with E-state index in [4.69, 9.17) is 0 Å². The lowest BCUT2D eigenvalue weighted by Crippen LogP contribution is -2.58. The molecule has 0 unspecified atom stereocenters. The molecule has 6 nitrogen and oxygen atoms in total. The third-order valence-electron chi connectivity index (χ3n) is 3.83. The fraction of sp³-hybridized carbons (Fsp3) is 0.923. The van der Waals surface area contributed by atoms with Crippen molar-refractivity contribution in [3.05, 3.63) is 0 Å². The molecule has 1 saturated heterocycles. The number of rotatable bonds is 6. The van der Waals surface area contributed by atoms with Crippen LogP contribution in [0.1, 0.15) is 33.6 Å². The van der Waals surface area contributed by atoms with Crippen molar-refractivity contribution in [1.82, 2.24) is 9.21 Å². The van der Waals surface area contributed by atoms with Gasteiger partial charge < -0.3 is 4.74 Å². The number of carbonyl (C=O) groups is 1. The van der Waals surface area contributed by atoms with Crippen molar-refractivity contribution >= 4 is 16.0 Å². The molecule has 0 aliphatic carbocycles. The number of ether oxygens (including phenoxy) is 1. The van der Waals surface area contributed by atoms with Crippen LogP contribution in [0.5, 0.6) is 0 Å². The van der Waals surface area contributed by atoms with Crippen LogP contribution in [0.15, 0.2) is 0 Å². The summed E-state index contributed by atoms with van der Waals surface area (Å²) in [6, 6.07) is 0.209. The summed E-state index contributed by atoms with van der Waals surface area (Å²) in [5, 5.41) is 0. The quantitative estimate of drug-likeness (QED) is 0.675. The number of carbonyl (C=O) groups excluding carboxylic acids is 1. The van der Waals surface area contributed by atoms with Crippen molar-refractivity contribution in [1.29, 1.82) is 0 Å². The first kappa shape index (κ1) is 17.4. The molecular weight excluding hydrogens is 280 g/mol. The topological polar surface area (TPSA) is 66.9 Å². The molecule has 1 fully saturated rings. The number of likely N-dealkylation sites (N-methyl/N-ethyl adjacent to an activating group) is 1. The zero-order valence-electron chi connectivity index (χ0n) is 12.8. The van der Waals surface area contributed by atoms with Gasteiger partial charge in [-0.15, -0.1) is 0 Å². The summed E-state index contributed by atoms with van der Waals surface area (Å²) < 4.78 is 30.8. The predicted octanol–water partition coefficient (Wildman–Crippen LogP) is 0.684. The first-order valence-electron chi connectivity index (χ1n) is 7.12. The van der Waals surface area contributed by atoms with Crippen molar-refractivity contribution < 1.29 is 17.9 Å². The van der Waals surface area contributed by atoms with Gasteiger partial charge in [0.2, 0.25) is 10.0 Å². The van der Waals surface area contributed by atoms with Crippen LogP contribution >= 0.6 is 0 Å². The summed E-state index contributed by atoms with van der Waals surface area (Å²) >= 11 is 0. The Morgan fingerprint density at radius 2 is 1.90 bits per heavy atom. The molecule has 0 radical (unpaired) electrons. The maximum Gasteiger partial charge on any atom is 0.305 e. The Hall–Kier alpha value is -0.660. The van der Waals surface area contributed by atoms with E-state index in [1.807, 2.05) is 13.8 Å². The summed E-state index contributed by atoms with van der Waals surface area (Å²) in [6.45, 7) is 8.29. The number of methoxy groups -OCH3 is 1. The van der Waals surface area contributed by atoms with E-state index in [0.29, 0.717) is 13.0 Å². The van der Waals surface area contributed by atoms with Gasteiger partial charge in [-0.2, -0.15) is 4.31 Å². The summed E-state index contributed by atoms with van der Waals surface area (Å²) in [6.07, 6.45) is 0.457. The number of hydrogen-bond acceptors (Lipinski definition) is 5. The molecule has 7 heteroatoms. The highest BCUT2D eigenvalue weighted by Crippen LogP contribution is 2.19. The molecule has 118 valence electrons. The lowest BCUT2D eigenvalue weighted by molar-refractivity contribution is -0.140. The lowest BCUT2D eigenvalue weighted by Gasteiger charge is -2.42. The Bertz CT molecular complexity index is 424. The standard InChI is InChI=1S/C13H26N2O4S/c1-5-14-9-12(3)15(10-11(14)2)20(17,18)8-6-7-13(16)19-4/h11-12H,5-10H2,1-4H3/t11-,12-/m1/s1. The van der Waals surface area contributed by atoms with Crippen LogP contribution in [-0.4, -0.2) is 68.2 Å². The highest BCUT2D eigenvalue weighted by atomic mass is 32.2. The van der Waals surface area contributed by atoms with Crippen molar-refractivity contribution in [2.45, 2.75) is 45.7 Å². The second-order valence-electron chi connectivity index (χ2n) is 5.35. The first-order chi connectivity index (χ1) is 9.31. The highest BCUT2D eigenvalue weighted by Gasteiger charge is 2.35. The molecular formula is C13H26N2O4S. The van der Waals surface area contributed by atoms with E-state index in [1.165, 1.54) is 7.11 Å². The normalized spacial score (nSPS) is 25.6. The Kier molecular flexibility index (Phi) is 6.42. The molecule has 1 heterocycles. The van der Waals surface area contributed by atoms with Gasteiger partial charge in [0.1, 0.15) is 0 Å². The van der Waals surface area contributed by atoms with Crippen LogP contribution in [0.4, 0.5) is 0 Å². The summed E-state index contributed by atoms with van der Waals surface area (Å²) in [4.78, 5) is 13.3. The third kappa shape index (κ3) is 4.43.